The van der Waals surface area contributed by atoms with Gasteiger partial charge >= 0.3 is 0 Å². The lowest BCUT2D eigenvalue weighted by atomic mass is 10.2. The van der Waals surface area contributed by atoms with Crippen LogP contribution in [0.2, 0.25) is 10.4 Å². The lowest BCUT2D eigenvalue weighted by Gasteiger charge is -2.05. The van der Waals surface area contributed by atoms with Crippen LogP contribution in [0.4, 0.5) is 5.82 Å². The quantitative estimate of drug-likeness (QED) is 0.932. The molecule has 1 N–H and O–H groups in total. The Morgan fingerprint density at radius 1 is 1.33 bits per heavy atom. The minimum absolute atomic E-state index is 0.0591. The maximum Gasteiger partial charge on any atom is 0.245 e. The molecule has 0 aromatic carbocycles. The van der Waals surface area contributed by atoms with Gasteiger partial charge in [0.25, 0.3) is 0 Å². The molecule has 0 saturated heterocycles. The Hall–Kier alpha value is -1.40. The van der Waals surface area contributed by atoms with Crippen molar-refractivity contribution in [2.75, 3.05) is 5.32 Å². The van der Waals surface area contributed by atoms with Crippen molar-refractivity contribution < 1.29 is 0 Å². The van der Waals surface area contributed by atoms with Crippen molar-refractivity contribution in [3.8, 4) is 0 Å². The maximum absolute atomic E-state index is 5.86. The van der Waals surface area contributed by atoms with E-state index >= 15 is 0 Å². The lowest BCUT2D eigenvalue weighted by Crippen LogP contribution is -2.05. The highest BCUT2D eigenvalue weighted by Gasteiger charge is 2.09. The van der Waals surface area contributed by atoms with Gasteiger partial charge < -0.3 is 5.32 Å². The molecule has 0 unspecified atom stereocenters. The van der Waals surface area contributed by atoms with E-state index in [1.807, 2.05) is 13.2 Å². The summed E-state index contributed by atoms with van der Waals surface area (Å²) in [5.74, 6) is 0.419. The van der Waals surface area contributed by atoms with Crippen molar-refractivity contribution >= 4 is 29.0 Å². The monoisotopic (exact) mass is 286 g/mol. The molecule has 0 spiro atoms. The second kappa shape index (κ2) is 5.49. The van der Waals surface area contributed by atoms with Gasteiger partial charge in [-0.15, -0.1) is 10.2 Å². The minimum atomic E-state index is 0.0591. The third-order valence-corrected chi connectivity index (χ3v) is 2.81. The summed E-state index contributed by atoms with van der Waals surface area (Å²) in [5.41, 5.74) is 2.13. The number of hydrogen-bond donors (Lipinski definition) is 1. The highest BCUT2D eigenvalue weighted by atomic mass is 35.5. The Bertz CT molecular complexity index is 553. The summed E-state index contributed by atoms with van der Waals surface area (Å²) in [7, 11) is 1.89. The molecule has 0 radical (unpaired) electrons. The molecular formula is C10H12Cl2N6. The number of nitrogens with zero attached hydrogens (tertiary/aromatic N) is 5. The Morgan fingerprint density at radius 2 is 2.11 bits per heavy atom. The number of hydrogen-bond acceptors (Lipinski definition) is 5. The van der Waals surface area contributed by atoms with Gasteiger partial charge in [0.2, 0.25) is 5.28 Å². The summed E-state index contributed by atoms with van der Waals surface area (Å²) < 4.78 is 1.78. The van der Waals surface area contributed by atoms with Gasteiger partial charge in [-0.2, -0.15) is 10.1 Å². The first-order chi connectivity index (χ1) is 8.60. The van der Waals surface area contributed by atoms with E-state index in [4.69, 9.17) is 23.2 Å². The second-order valence-electron chi connectivity index (χ2n) is 3.70. The zero-order chi connectivity index (χ0) is 13.1. The fraction of sp³-hybridized carbons (Fsp3) is 0.400. The molecule has 0 aliphatic rings. The predicted molar refractivity (Wildman–Crippen MR) is 69.8 cm³/mol. The molecule has 2 heterocycles. The van der Waals surface area contributed by atoms with Crippen LogP contribution in [0.15, 0.2) is 6.20 Å². The topological polar surface area (TPSA) is 68.5 Å². The zero-order valence-electron chi connectivity index (χ0n) is 9.98. The summed E-state index contributed by atoms with van der Waals surface area (Å²) in [5, 5.41) is 14.9. The van der Waals surface area contributed by atoms with Crippen LogP contribution in [0, 0.1) is 0 Å². The summed E-state index contributed by atoms with van der Waals surface area (Å²) >= 11 is 11.5. The average Bonchev–Trinajstić information content (AvgIpc) is 2.71. The largest absolute Gasteiger partial charge is 0.363 e. The predicted octanol–water partition coefficient (Wildman–Crippen LogP) is 2.09. The van der Waals surface area contributed by atoms with E-state index in [-0.39, 0.29) is 10.4 Å². The van der Waals surface area contributed by atoms with E-state index in [0.29, 0.717) is 12.4 Å². The van der Waals surface area contributed by atoms with Gasteiger partial charge in [-0.05, 0) is 18.0 Å². The Balaban J connectivity index is 2.13. The Morgan fingerprint density at radius 3 is 2.83 bits per heavy atom. The number of aromatic nitrogens is 5. The van der Waals surface area contributed by atoms with Gasteiger partial charge in [-0.3, -0.25) is 4.68 Å². The van der Waals surface area contributed by atoms with Gasteiger partial charge in [0.1, 0.15) is 0 Å². The number of rotatable bonds is 4. The molecule has 0 bridgehead atoms. The van der Waals surface area contributed by atoms with Crippen LogP contribution < -0.4 is 5.32 Å². The van der Waals surface area contributed by atoms with Crippen molar-refractivity contribution in [1.29, 1.82) is 0 Å². The Kier molecular flexibility index (Phi) is 3.98. The second-order valence-corrected chi connectivity index (χ2v) is 4.40. The first-order valence-electron chi connectivity index (χ1n) is 5.41. The minimum Gasteiger partial charge on any atom is -0.363 e. The fourth-order valence-electron chi connectivity index (χ4n) is 1.61. The third kappa shape index (κ3) is 2.88. The molecule has 0 fully saturated rings. The number of anilines is 1. The molecule has 0 saturated carbocycles. The lowest BCUT2D eigenvalue weighted by molar-refractivity contribution is 0.746. The van der Waals surface area contributed by atoms with Crippen LogP contribution in [0.1, 0.15) is 18.2 Å². The third-order valence-electron chi connectivity index (χ3n) is 2.39. The van der Waals surface area contributed by atoms with Crippen LogP contribution in [0.5, 0.6) is 0 Å². The van der Waals surface area contributed by atoms with Crippen LogP contribution in [0.25, 0.3) is 0 Å². The van der Waals surface area contributed by atoms with Crippen LogP contribution in [-0.4, -0.2) is 25.0 Å². The van der Waals surface area contributed by atoms with E-state index < -0.39 is 0 Å². The van der Waals surface area contributed by atoms with Gasteiger partial charge in [-0.25, -0.2) is 0 Å². The molecule has 96 valence electrons. The van der Waals surface area contributed by atoms with Gasteiger partial charge in [0.15, 0.2) is 11.0 Å². The molecule has 18 heavy (non-hydrogen) atoms. The fourth-order valence-corrected chi connectivity index (χ4v) is 1.88. The van der Waals surface area contributed by atoms with Crippen molar-refractivity contribution in [3.63, 3.8) is 0 Å². The number of aryl methyl sites for hydroxylation is 2. The van der Waals surface area contributed by atoms with Gasteiger partial charge in [0.05, 0.1) is 5.69 Å². The normalized spacial score (nSPS) is 10.7. The maximum atomic E-state index is 5.86. The van der Waals surface area contributed by atoms with Crippen LogP contribution in [-0.2, 0) is 20.0 Å². The highest BCUT2D eigenvalue weighted by Crippen LogP contribution is 2.18. The van der Waals surface area contributed by atoms with Crippen molar-refractivity contribution in [2.24, 2.45) is 7.05 Å². The van der Waals surface area contributed by atoms with Crippen LogP contribution >= 0.6 is 23.2 Å². The molecule has 2 aromatic heterocycles. The number of nitrogens with one attached hydrogen (secondary N) is 1. The van der Waals surface area contributed by atoms with E-state index in [1.165, 1.54) is 0 Å². The van der Waals surface area contributed by atoms with E-state index in [2.05, 4.69) is 32.5 Å². The van der Waals surface area contributed by atoms with Crippen molar-refractivity contribution in [2.45, 2.75) is 19.9 Å². The molecule has 2 aromatic rings. The molecular weight excluding hydrogens is 275 g/mol. The first-order valence-corrected chi connectivity index (χ1v) is 6.16. The summed E-state index contributed by atoms with van der Waals surface area (Å²) in [6.45, 7) is 2.62. The molecule has 0 aliphatic heterocycles. The average molecular weight is 287 g/mol. The van der Waals surface area contributed by atoms with Crippen molar-refractivity contribution in [1.82, 2.24) is 25.0 Å². The molecule has 0 amide bonds. The smallest absolute Gasteiger partial charge is 0.245 e. The Labute approximate surface area is 114 Å². The van der Waals surface area contributed by atoms with Gasteiger partial charge in [0, 0.05) is 25.4 Å². The first kappa shape index (κ1) is 13.0. The highest BCUT2D eigenvalue weighted by molar-refractivity contribution is 6.32. The van der Waals surface area contributed by atoms with Crippen molar-refractivity contribution in [3.05, 3.63) is 27.9 Å². The summed E-state index contributed by atoms with van der Waals surface area (Å²) in [6.07, 6.45) is 2.82. The van der Waals surface area contributed by atoms with Crippen LogP contribution in [0.3, 0.4) is 0 Å². The molecule has 0 aliphatic carbocycles. The van der Waals surface area contributed by atoms with Gasteiger partial charge in [-0.1, -0.05) is 18.5 Å². The number of halogens is 2. The molecule has 6 nitrogen and oxygen atoms in total. The van der Waals surface area contributed by atoms with E-state index in [1.54, 1.807) is 4.68 Å². The zero-order valence-corrected chi connectivity index (χ0v) is 11.5. The summed E-state index contributed by atoms with van der Waals surface area (Å²) in [4.78, 5) is 3.97. The van der Waals surface area contributed by atoms with E-state index in [0.717, 1.165) is 17.7 Å². The molecule has 0 atom stereocenters. The van der Waals surface area contributed by atoms with E-state index in [9.17, 15) is 0 Å². The molecule has 2 rings (SSSR count). The standard InChI is InChI=1S/C10H12Cl2N6/c1-3-7-6(5-18(2)17-7)4-13-9-8(11)15-16-10(12)14-9/h5H,3-4H2,1-2H3,(H,13,14,16). The SMILES string of the molecule is CCc1nn(C)cc1CNc1nc(Cl)nnc1Cl. The molecule has 8 heteroatoms. The summed E-state index contributed by atoms with van der Waals surface area (Å²) in [6, 6.07) is 0.